The molecule has 1 heterocycles. The number of anilines is 2. The number of nitrogens with zero attached hydrogens (tertiary/aromatic N) is 1. The van der Waals surface area contributed by atoms with Crippen molar-refractivity contribution < 1.29 is 24.1 Å². The number of nitrogens with two attached hydrogens (primary N) is 1. The van der Waals surface area contributed by atoms with Gasteiger partial charge in [0.25, 0.3) is 5.91 Å². The van der Waals surface area contributed by atoms with E-state index >= 15 is 0 Å². The molecule has 0 aliphatic heterocycles. The predicted octanol–water partition coefficient (Wildman–Crippen LogP) is 4.40. The molecule has 0 aliphatic carbocycles. The Kier molecular flexibility index (Phi) is 12.7. The highest BCUT2D eigenvalue weighted by atomic mass is 16.5. The minimum absolute atomic E-state index is 0.0588. The van der Waals surface area contributed by atoms with E-state index in [4.69, 9.17) is 25.1 Å². The number of amides is 1. The van der Waals surface area contributed by atoms with Crippen molar-refractivity contribution in [1.29, 1.82) is 0 Å². The van der Waals surface area contributed by atoms with Crippen LogP contribution in [-0.4, -0.2) is 43.9 Å². The molecular formula is C28H38N4O5. The minimum atomic E-state index is -0.155. The number of rotatable bonds is 12. The summed E-state index contributed by atoms with van der Waals surface area (Å²) >= 11 is 0. The summed E-state index contributed by atoms with van der Waals surface area (Å²) < 4.78 is 15.3. The smallest absolute Gasteiger partial charge is 0.255 e. The highest BCUT2D eigenvalue weighted by molar-refractivity contribution is 6.04. The van der Waals surface area contributed by atoms with Gasteiger partial charge in [-0.2, -0.15) is 0 Å². The highest BCUT2D eigenvalue weighted by Gasteiger charge is 2.12. The van der Waals surface area contributed by atoms with Crippen molar-refractivity contribution in [3.05, 3.63) is 71.4 Å². The van der Waals surface area contributed by atoms with E-state index < -0.39 is 0 Å². The van der Waals surface area contributed by atoms with Crippen molar-refractivity contribution in [2.24, 2.45) is 0 Å². The molecule has 3 rings (SSSR count). The van der Waals surface area contributed by atoms with Crippen LogP contribution in [0.5, 0.6) is 17.2 Å². The summed E-state index contributed by atoms with van der Waals surface area (Å²) in [5.41, 5.74) is 8.76. The molecule has 2 aromatic carbocycles. The SMILES string of the molecule is CCCCCNCc1ccc(C(=O)Nc2ccnc(N)c2)cc1.COc1cc(CO)cc(OC)c1OC. The van der Waals surface area contributed by atoms with Gasteiger partial charge >= 0.3 is 0 Å². The second-order valence-corrected chi connectivity index (χ2v) is 8.20. The Labute approximate surface area is 219 Å². The lowest BCUT2D eigenvalue weighted by molar-refractivity contribution is 0.102. The van der Waals surface area contributed by atoms with Crippen LogP contribution in [0.3, 0.4) is 0 Å². The zero-order valence-electron chi connectivity index (χ0n) is 22.0. The number of hydrogen-bond donors (Lipinski definition) is 4. The van der Waals surface area contributed by atoms with Crippen LogP contribution in [0, 0.1) is 0 Å². The summed E-state index contributed by atoms with van der Waals surface area (Å²) in [6.45, 7) is 3.99. The van der Waals surface area contributed by atoms with Crippen molar-refractivity contribution in [1.82, 2.24) is 10.3 Å². The van der Waals surface area contributed by atoms with Crippen molar-refractivity contribution in [2.75, 3.05) is 38.9 Å². The van der Waals surface area contributed by atoms with Gasteiger partial charge in [0.05, 0.1) is 27.9 Å². The summed E-state index contributed by atoms with van der Waals surface area (Å²) in [6, 6.07) is 14.4. The summed E-state index contributed by atoms with van der Waals surface area (Å²) in [5.74, 6) is 1.87. The number of unbranched alkanes of at least 4 members (excludes halogenated alkanes) is 2. The molecular weight excluding hydrogens is 472 g/mol. The lowest BCUT2D eigenvalue weighted by Gasteiger charge is -2.13. The number of benzene rings is 2. The molecule has 37 heavy (non-hydrogen) atoms. The standard InChI is InChI=1S/C18H24N4O.C10H14O4/c1-2-3-4-10-20-13-14-5-7-15(8-6-14)18(23)22-16-9-11-21-17(19)12-16;1-12-8-4-7(6-11)5-9(13-2)10(8)14-3/h5-9,11-12,20H,2-4,10,13H2,1H3,(H3,19,21,22,23);4-5,11H,6H2,1-3H3. The second kappa shape index (κ2) is 16.0. The predicted molar refractivity (Wildman–Crippen MR) is 146 cm³/mol. The molecule has 9 nitrogen and oxygen atoms in total. The Balaban J connectivity index is 0.000000294. The fraction of sp³-hybridized carbons (Fsp3) is 0.357. The van der Waals surface area contributed by atoms with Gasteiger partial charge in [0.15, 0.2) is 11.5 Å². The monoisotopic (exact) mass is 510 g/mol. The van der Waals surface area contributed by atoms with Gasteiger partial charge in [-0.25, -0.2) is 4.98 Å². The molecule has 0 saturated heterocycles. The number of ether oxygens (including phenoxy) is 3. The number of nitrogens with one attached hydrogen (secondary N) is 2. The van der Waals surface area contributed by atoms with Crippen LogP contribution in [0.2, 0.25) is 0 Å². The third kappa shape index (κ3) is 9.63. The third-order valence-electron chi connectivity index (χ3n) is 5.45. The largest absolute Gasteiger partial charge is 0.493 e. The molecule has 200 valence electrons. The maximum Gasteiger partial charge on any atom is 0.255 e. The Hall–Kier alpha value is -3.82. The maximum atomic E-state index is 12.2. The molecule has 0 unspecified atom stereocenters. The number of hydrogen-bond acceptors (Lipinski definition) is 8. The van der Waals surface area contributed by atoms with Crippen LogP contribution in [0.4, 0.5) is 11.5 Å². The van der Waals surface area contributed by atoms with Crippen LogP contribution < -0.4 is 30.6 Å². The van der Waals surface area contributed by atoms with E-state index in [1.807, 2.05) is 24.3 Å². The molecule has 1 aromatic heterocycles. The van der Waals surface area contributed by atoms with Crippen LogP contribution in [0.25, 0.3) is 0 Å². The Morgan fingerprint density at radius 3 is 2.16 bits per heavy atom. The van der Waals surface area contributed by atoms with Crippen LogP contribution >= 0.6 is 0 Å². The Bertz CT molecular complexity index is 1080. The molecule has 0 saturated carbocycles. The zero-order valence-corrected chi connectivity index (χ0v) is 22.0. The maximum absolute atomic E-state index is 12.2. The molecule has 3 aromatic rings. The Morgan fingerprint density at radius 1 is 0.946 bits per heavy atom. The van der Waals surface area contributed by atoms with Gasteiger partial charge in [-0.15, -0.1) is 0 Å². The highest BCUT2D eigenvalue weighted by Crippen LogP contribution is 2.38. The van der Waals surface area contributed by atoms with E-state index in [0.29, 0.717) is 34.3 Å². The Morgan fingerprint density at radius 2 is 1.62 bits per heavy atom. The number of carbonyl (C=O) groups is 1. The number of methoxy groups -OCH3 is 3. The number of aromatic nitrogens is 1. The molecule has 0 radical (unpaired) electrons. The number of aliphatic hydroxyl groups is 1. The van der Waals surface area contributed by atoms with Gasteiger partial charge in [0.2, 0.25) is 5.75 Å². The van der Waals surface area contributed by atoms with Gasteiger partial charge < -0.3 is 35.7 Å². The summed E-state index contributed by atoms with van der Waals surface area (Å²) in [6.07, 6.45) is 5.25. The fourth-order valence-corrected chi connectivity index (χ4v) is 3.46. The van der Waals surface area contributed by atoms with E-state index in [1.165, 1.54) is 24.8 Å². The van der Waals surface area contributed by atoms with E-state index in [-0.39, 0.29) is 12.5 Å². The first-order valence-corrected chi connectivity index (χ1v) is 12.2. The first-order chi connectivity index (χ1) is 17.9. The summed E-state index contributed by atoms with van der Waals surface area (Å²) in [5, 5.41) is 15.2. The van der Waals surface area contributed by atoms with Crippen LogP contribution in [-0.2, 0) is 13.2 Å². The van der Waals surface area contributed by atoms with Gasteiger partial charge in [-0.3, -0.25) is 4.79 Å². The van der Waals surface area contributed by atoms with E-state index in [1.54, 1.807) is 51.8 Å². The minimum Gasteiger partial charge on any atom is -0.493 e. The quantitative estimate of drug-likeness (QED) is 0.264. The lowest BCUT2D eigenvalue weighted by Crippen LogP contribution is -2.15. The van der Waals surface area contributed by atoms with Crippen molar-refractivity contribution in [3.63, 3.8) is 0 Å². The molecule has 0 fully saturated rings. The first kappa shape index (κ1) is 29.4. The molecule has 1 amide bonds. The molecule has 0 aliphatic rings. The van der Waals surface area contributed by atoms with Gasteiger partial charge in [0.1, 0.15) is 5.82 Å². The number of carbonyl (C=O) groups excluding carboxylic acids is 1. The van der Waals surface area contributed by atoms with Crippen molar-refractivity contribution >= 4 is 17.4 Å². The third-order valence-corrected chi connectivity index (χ3v) is 5.45. The normalized spacial score (nSPS) is 10.2. The van der Waals surface area contributed by atoms with Crippen molar-refractivity contribution in [3.8, 4) is 17.2 Å². The van der Waals surface area contributed by atoms with Crippen LogP contribution in [0.1, 0.15) is 47.7 Å². The molecule has 5 N–H and O–H groups in total. The van der Waals surface area contributed by atoms with E-state index in [0.717, 1.165) is 18.7 Å². The number of pyridine rings is 1. The number of nitrogen functional groups attached to an aromatic ring is 1. The van der Waals surface area contributed by atoms with Gasteiger partial charge in [-0.1, -0.05) is 31.9 Å². The topological polar surface area (TPSA) is 128 Å². The zero-order chi connectivity index (χ0) is 27.0. The fourth-order valence-electron chi connectivity index (χ4n) is 3.46. The van der Waals surface area contributed by atoms with Gasteiger partial charge in [-0.05, 0) is 54.4 Å². The molecule has 0 spiro atoms. The van der Waals surface area contributed by atoms with Crippen LogP contribution in [0.15, 0.2) is 54.7 Å². The lowest BCUT2D eigenvalue weighted by atomic mass is 10.1. The van der Waals surface area contributed by atoms with Gasteiger partial charge in [0, 0.05) is 30.1 Å². The number of aliphatic hydroxyl groups excluding tert-OH is 1. The summed E-state index contributed by atoms with van der Waals surface area (Å²) in [7, 11) is 4.62. The van der Waals surface area contributed by atoms with E-state index in [2.05, 4.69) is 22.5 Å². The average Bonchev–Trinajstić information content (AvgIpc) is 2.92. The molecule has 9 heteroatoms. The second-order valence-electron chi connectivity index (χ2n) is 8.20. The average molecular weight is 511 g/mol. The molecule has 0 bridgehead atoms. The first-order valence-electron chi connectivity index (χ1n) is 12.2. The van der Waals surface area contributed by atoms with E-state index in [9.17, 15) is 4.79 Å². The molecule has 0 atom stereocenters. The summed E-state index contributed by atoms with van der Waals surface area (Å²) in [4.78, 5) is 16.1. The van der Waals surface area contributed by atoms with Crippen molar-refractivity contribution in [2.45, 2.75) is 39.3 Å².